The molecule has 0 bridgehead atoms. The van der Waals surface area contributed by atoms with Crippen LogP contribution in [0.25, 0.3) is 0 Å². The highest BCUT2D eigenvalue weighted by atomic mass is 35.5. The van der Waals surface area contributed by atoms with Crippen molar-refractivity contribution in [1.29, 1.82) is 0 Å². The van der Waals surface area contributed by atoms with Crippen LogP contribution in [0.5, 0.6) is 0 Å². The highest BCUT2D eigenvalue weighted by Gasteiger charge is 2.11. The average Bonchev–Trinajstić information content (AvgIpc) is 2.08. The Kier molecular flexibility index (Phi) is 5.30. The molecule has 0 unspecified atom stereocenters. The maximum Gasteiger partial charge on any atom is 0.146 e. The van der Waals surface area contributed by atoms with Gasteiger partial charge in [-0.05, 0) is 12.5 Å². The molecule has 0 aliphatic heterocycles. The van der Waals surface area contributed by atoms with E-state index in [4.69, 9.17) is 17.3 Å². The van der Waals surface area contributed by atoms with Crippen LogP contribution < -0.4 is 5.73 Å². The van der Waals surface area contributed by atoms with E-state index in [0.29, 0.717) is 12.0 Å². The van der Waals surface area contributed by atoms with Crippen molar-refractivity contribution in [3.63, 3.8) is 0 Å². The quantitative estimate of drug-likeness (QED) is 0.819. The number of hydrogen-bond donors (Lipinski definition) is 1. The van der Waals surface area contributed by atoms with Crippen LogP contribution in [0.4, 0.5) is 4.39 Å². The SMILES string of the molecule is CC[C@H](N)c1cccc(Cl)c1F.Cl. The minimum absolute atomic E-state index is 0. The third-order valence-corrected chi connectivity index (χ3v) is 2.11. The van der Waals surface area contributed by atoms with Crippen LogP contribution >= 0.6 is 24.0 Å². The Bertz CT molecular complexity index is 278. The van der Waals surface area contributed by atoms with Crippen molar-refractivity contribution in [2.45, 2.75) is 19.4 Å². The van der Waals surface area contributed by atoms with Crippen LogP contribution in [-0.4, -0.2) is 0 Å². The second-order valence-corrected chi connectivity index (χ2v) is 3.06. The lowest BCUT2D eigenvalue weighted by Crippen LogP contribution is -2.10. The topological polar surface area (TPSA) is 26.0 Å². The molecule has 0 radical (unpaired) electrons. The lowest BCUT2D eigenvalue weighted by atomic mass is 10.1. The Labute approximate surface area is 88.5 Å². The third kappa shape index (κ3) is 2.83. The second kappa shape index (κ2) is 5.43. The van der Waals surface area contributed by atoms with Crippen molar-refractivity contribution < 1.29 is 4.39 Å². The fourth-order valence-electron chi connectivity index (χ4n) is 1.03. The molecule has 1 atom stereocenters. The summed E-state index contributed by atoms with van der Waals surface area (Å²) in [6.45, 7) is 1.91. The average molecular weight is 224 g/mol. The number of rotatable bonds is 2. The molecular weight excluding hydrogens is 212 g/mol. The molecule has 1 rings (SSSR count). The summed E-state index contributed by atoms with van der Waals surface area (Å²) in [5.41, 5.74) is 6.16. The van der Waals surface area contributed by atoms with Gasteiger partial charge in [-0.1, -0.05) is 30.7 Å². The zero-order valence-electron chi connectivity index (χ0n) is 7.26. The number of nitrogens with two attached hydrogens (primary N) is 1. The highest BCUT2D eigenvalue weighted by Crippen LogP contribution is 2.23. The van der Waals surface area contributed by atoms with E-state index in [9.17, 15) is 4.39 Å². The molecule has 0 aliphatic carbocycles. The number of hydrogen-bond acceptors (Lipinski definition) is 1. The zero-order chi connectivity index (χ0) is 9.14. The molecule has 1 nitrogen and oxygen atoms in total. The summed E-state index contributed by atoms with van der Waals surface area (Å²) >= 11 is 5.58. The van der Waals surface area contributed by atoms with Gasteiger partial charge in [-0.15, -0.1) is 12.4 Å². The Morgan fingerprint density at radius 3 is 2.69 bits per heavy atom. The van der Waals surface area contributed by atoms with Gasteiger partial charge in [0.1, 0.15) is 5.82 Å². The summed E-state index contributed by atoms with van der Waals surface area (Å²) in [6, 6.07) is 4.62. The molecule has 0 fully saturated rings. The normalized spacial score (nSPS) is 12.0. The molecule has 0 heterocycles. The molecular formula is C9H12Cl2FN. The largest absolute Gasteiger partial charge is 0.324 e. The smallest absolute Gasteiger partial charge is 0.146 e. The summed E-state index contributed by atoms with van der Waals surface area (Å²) in [4.78, 5) is 0. The maximum atomic E-state index is 13.2. The second-order valence-electron chi connectivity index (χ2n) is 2.66. The first-order chi connectivity index (χ1) is 5.66. The Hall–Kier alpha value is -0.310. The Balaban J connectivity index is 0.00000144. The van der Waals surface area contributed by atoms with Crippen LogP contribution in [0, 0.1) is 5.82 Å². The first-order valence-electron chi connectivity index (χ1n) is 3.86. The minimum Gasteiger partial charge on any atom is -0.324 e. The summed E-state index contributed by atoms with van der Waals surface area (Å²) in [7, 11) is 0. The van der Waals surface area contributed by atoms with Crippen molar-refractivity contribution in [2.75, 3.05) is 0 Å². The van der Waals surface area contributed by atoms with Crippen molar-refractivity contribution in [3.05, 3.63) is 34.6 Å². The van der Waals surface area contributed by atoms with Gasteiger partial charge in [-0.3, -0.25) is 0 Å². The van der Waals surface area contributed by atoms with E-state index in [2.05, 4.69) is 0 Å². The Morgan fingerprint density at radius 2 is 2.15 bits per heavy atom. The van der Waals surface area contributed by atoms with E-state index in [0.717, 1.165) is 0 Å². The molecule has 0 aliphatic rings. The van der Waals surface area contributed by atoms with Gasteiger partial charge >= 0.3 is 0 Å². The standard InChI is InChI=1S/C9H11ClFN.ClH/c1-2-8(12)6-4-3-5-7(10)9(6)11;/h3-5,8H,2,12H2,1H3;1H/t8-;/m0./s1. The summed E-state index contributed by atoms with van der Waals surface area (Å²) in [6.07, 6.45) is 0.706. The predicted octanol–water partition coefficient (Wildman–Crippen LogP) is 3.31. The van der Waals surface area contributed by atoms with Gasteiger partial charge in [-0.2, -0.15) is 0 Å². The van der Waals surface area contributed by atoms with E-state index in [-0.39, 0.29) is 23.5 Å². The van der Waals surface area contributed by atoms with Crippen molar-refractivity contribution >= 4 is 24.0 Å². The molecule has 2 N–H and O–H groups in total. The summed E-state index contributed by atoms with van der Waals surface area (Å²) in [5.74, 6) is -0.395. The maximum absolute atomic E-state index is 13.2. The van der Waals surface area contributed by atoms with Crippen LogP contribution in [0.2, 0.25) is 5.02 Å². The zero-order valence-corrected chi connectivity index (χ0v) is 8.83. The van der Waals surface area contributed by atoms with Crippen LogP contribution in [0.3, 0.4) is 0 Å². The predicted molar refractivity (Wildman–Crippen MR) is 55.9 cm³/mol. The van der Waals surface area contributed by atoms with Gasteiger partial charge in [0.2, 0.25) is 0 Å². The van der Waals surface area contributed by atoms with E-state index >= 15 is 0 Å². The van der Waals surface area contributed by atoms with Gasteiger partial charge in [0, 0.05) is 11.6 Å². The lowest BCUT2D eigenvalue weighted by molar-refractivity contribution is 0.576. The van der Waals surface area contributed by atoms with Crippen LogP contribution in [0.15, 0.2) is 18.2 Å². The molecule has 0 saturated carbocycles. The first kappa shape index (κ1) is 12.7. The van der Waals surface area contributed by atoms with Crippen molar-refractivity contribution in [2.24, 2.45) is 5.73 Å². The van der Waals surface area contributed by atoms with Gasteiger partial charge < -0.3 is 5.73 Å². The fourth-order valence-corrected chi connectivity index (χ4v) is 1.21. The van der Waals surface area contributed by atoms with Gasteiger partial charge in [0.15, 0.2) is 0 Å². The lowest BCUT2D eigenvalue weighted by Gasteiger charge is -2.10. The molecule has 0 saturated heterocycles. The summed E-state index contributed by atoms with van der Waals surface area (Å²) < 4.78 is 13.2. The molecule has 1 aromatic rings. The van der Waals surface area contributed by atoms with Crippen LogP contribution in [-0.2, 0) is 0 Å². The fraction of sp³-hybridized carbons (Fsp3) is 0.333. The third-order valence-electron chi connectivity index (χ3n) is 1.82. The van der Waals surface area contributed by atoms with E-state index in [1.54, 1.807) is 12.1 Å². The Morgan fingerprint density at radius 1 is 1.54 bits per heavy atom. The molecule has 0 aromatic heterocycles. The molecule has 1 aromatic carbocycles. The number of halogens is 3. The van der Waals surface area contributed by atoms with Gasteiger partial charge in [0.25, 0.3) is 0 Å². The molecule has 0 spiro atoms. The van der Waals surface area contributed by atoms with E-state index in [1.807, 2.05) is 6.92 Å². The van der Waals surface area contributed by atoms with Gasteiger partial charge in [-0.25, -0.2) is 4.39 Å². The summed E-state index contributed by atoms with van der Waals surface area (Å²) in [5, 5.41) is 0.136. The van der Waals surface area contributed by atoms with E-state index in [1.165, 1.54) is 6.07 Å². The monoisotopic (exact) mass is 223 g/mol. The molecule has 0 amide bonds. The van der Waals surface area contributed by atoms with Gasteiger partial charge in [0.05, 0.1) is 5.02 Å². The van der Waals surface area contributed by atoms with Crippen LogP contribution in [0.1, 0.15) is 24.9 Å². The number of benzene rings is 1. The molecule has 74 valence electrons. The minimum atomic E-state index is -0.395. The molecule has 4 heteroatoms. The first-order valence-corrected chi connectivity index (χ1v) is 4.24. The van der Waals surface area contributed by atoms with Crippen molar-refractivity contribution in [1.82, 2.24) is 0 Å². The van der Waals surface area contributed by atoms with E-state index < -0.39 is 5.82 Å². The van der Waals surface area contributed by atoms with Crippen molar-refractivity contribution in [3.8, 4) is 0 Å². The molecule has 13 heavy (non-hydrogen) atoms. The highest BCUT2D eigenvalue weighted by molar-refractivity contribution is 6.30.